The number of aromatic nitrogens is 8. The van der Waals surface area contributed by atoms with Gasteiger partial charge in [-0.15, -0.1) is 0 Å². The summed E-state index contributed by atoms with van der Waals surface area (Å²) < 4.78 is 0. The highest BCUT2D eigenvalue weighted by Gasteiger charge is 2.17. The van der Waals surface area contributed by atoms with Gasteiger partial charge in [0.1, 0.15) is 0 Å². The van der Waals surface area contributed by atoms with Crippen molar-refractivity contribution in [1.29, 1.82) is 0 Å². The first-order valence-electron chi connectivity index (χ1n) is 29.3. The average Bonchev–Trinajstić information content (AvgIpc) is 3.53. The van der Waals surface area contributed by atoms with Crippen LogP contribution in [0.15, 0.2) is 304 Å². The number of nitrogens with zero attached hydrogens (tertiary/aromatic N) is 8. The molecule has 0 aliphatic carbocycles. The molecule has 16 rings (SSSR count). The van der Waals surface area contributed by atoms with Crippen LogP contribution in [0.2, 0.25) is 0 Å². The average molecular weight is 1120 g/mol. The number of rotatable bonds is 11. The Kier molecular flexibility index (Phi) is 13.0. The molecule has 0 amide bonds. The van der Waals surface area contributed by atoms with E-state index in [1.165, 1.54) is 0 Å². The fraction of sp³-hybridized carbons (Fsp3) is 0. The van der Waals surface area contributed by atoms with E-state index in [-0.39, 0.29) is 0 Å². The van der Waals surface area contributed by atoms with Crippen molar-refractivity contribution in [2.24, 2.45) is 0 Å². The molecule has 10 aromatic carbocycles. The van der Waals surface area contributed by atoms with Crippen LogP contribution in [0.1, 0.15) is 0 Å². The Hall–Kier alpha value is -12.0. The summed E-state index contributed by atoms with van der Waals surface area (Å²) in [6.45, 7) is 0. The van der Waals surface area contributed by atoms with Crippen LogP contribution in [0.3, 0.4) is 0 Å². The van der Waals surface area contributed by atoms with E-state index < -0.39 is 0 Å². The van der Waals surface area contributed by atoms with Crippen molar-refractivity contribution in [2.45, 2.75) is 0 Å². The van der Waals surface area contributed by atoms with Crippen LogP contribution in [0, 0.1) is 0 Å². The van der Waals surface area contributed by atoms with Crippen LogP contribution in [0.4, 0.5) is 0 Å². The molecule has 16 aromatic rings. The molecule has 410 valence electrons. The molecule has 8 heteroatoms. The van der Waals surface area contributed by atoms with Gasteiger partial charge in [0.05, 0.1) is 45.6 Å². The molecule has 0 N–H and O–H groups in total. The zero-order valence-electron chi connectivity index (χ0n) is 47.4. The largest absolute Gasteiger partial charge is 0.256 e. The molecule has 0 unspecified atom stereocenters. The van der Waals surface area contributed by atoms with Crippen molar-refractivity contribution < 1.29 is 0 Å². The molecule has 8 nitrogen and oxygen atoms in total. The zero-order valence-corrected chi connectivity index (χ0v) is 47.4. The van der Waals surface area contributed by atoms with Gasteiger partial charge >= 0.3 is 0 Å². The number of hydrogen-bond donors (Lipinski definition) is 0. The summed E-state index contributed by atoms with van der Waals surface area (Å²) in [6.07, 6.45) is 7.49. The minimum atomic E-state index is 0.630. The van der Waals surface area contributed by atoms with Gasteiger partial charge in [-0.2, -0.15) is 0 Å². The lowest BCUT2D eigenvalue weighted by atomic mass is 9.98. The highest BCUT2D eigenvalue weighted by atomic mass is 14.9. The molecule has 0 saturated heterocycles. The van der Waals surface area contributed by atoms with Gasteiger partial charge in [0.2, 0.25) is 0 Å². The lowest BCUT2D eigenvalue weighted by molar-refractivity contribution is 1.18. The van der Waals surface area contributed by atoms with E-state index in [0.29, 0.717) is 11.6 Å². The van der Waals surface area contributed by atoms with Crippen molar-refractivity contribution in [1.82, 2.24) is 39.9 Å². The second kappa shape index (κ2) is 22.2. The van der Waals surface area contributed by atoms with Crippen molar-refractivity contribution in [3.63, 3.8) is 0 Å². The predicted octanol–water partition coefficient (Wildman–Crippen LogP) is 19.8. The summed E-state index contributed by atoms with van der Waals surface area (Å²) in [7, 11) is 0. The fourth-order valence-electron chi connectivity index (χ4n) is 12.0. The van der Waals surface area contributed by atoms with Gasteiger partial charge in [0.15, 0.2) is 11.6 Å². The maximum atomic E-state index is 5.26. The van der Waals surface area contributed by atoms with Crippen molar-refractivity contribution in [3.8, 4) is 124 Å². The Morgan fingerprint density at radius 1 is 0.170 bits per heavy atom. The third-order valence-corrected chi connectivity index (χ3v) is 16.6. The minimum absolute atomic E-state index is 0.630. The summed E-state index contributed by atoms with van der Waals surface area (Å²) in [5.41, 5.74) is 19.0. The first kappa shape index (κ1) is 51.6. The summed E-state index contributed by atoms with van der Waals surface area (Å²) in [5, 5.41) is 9.05. The molecule has 0 saturated carbocycles. The molecule has 88 heavy (non-hydrogen) atoms. The Bertz CT molecular complexity index is 4640. The number of pyridine rings is 4. The summed E-state index contributed by atoms with van der Waals surface area (Å²) in [6, 6.07) is 97.0. The van der Waals surface area contributed by atoms with Crippen LogP contribution >= 0.6 is 0 Å². The van der Waals surface area contributed by atoms with Crippen LogP contribution in [-0.2, 0) is 0 Å². The quantitative estimate of drug-likeness (QED) is 0.126. The van der Waals surface area contributed by atoms with Gasteiger partial charge in [0.25, 0.3) is 0 Å². The van der Waals surface area contributed by atoms with Crippen LogP contribution in [-0.4, -0.2) is 39.9 Å². The summed E-state index contributed by atoms with van der Waals surface area (Å²) in [4.78, 5) is 40.2. The molecular weight excluding hydrogens is 1070 g/mol. The van der Waals surface area contributed by atoms with E-state index >= 15 is 0 Å². The van der Waals surface area contributed by atoms with Crippen LogP contribution in [0.5, 0.6) is 0 Å². The second-order valence-corrected chi connectivity index (χ2v) is 21.9. The van der Waals surface area contributed by atoms with Gasteiger partial charge in [-0.1, -0.05) is 243 Å². The molecule has 0 atom stereocenters. The van der Waals surface area contributed by atoms with Crippen molar-refractivity contribution in [2.75, 3.05) is 0 Å². The molecule has 0 aliphatic heterocycles. The fourth-order valence-corrected chi connectivity index (χ4v) is 12.0. The third kappa shape index (κ3) is 9.86. The van der Waals surface area contributed by atoms with Gasteiger partial charge < -0.3 is 0 Å². The minimum Gasteiger partial charge on any atom is -0.256 e. The number of hydrogen-bond acceptors (Lipinski definition) is 8. The lowest BCUT2D eigenvalue weighted by Crippen LogP contribution is -1.97. The van der Waals surface area contributed by atoms with Crippen molar-refractivity contribution >= 4 is 43.1 Å². The Labute approximate surface area is 508 Å². The van der Waals surface area contributed by atoms with Gasteiger partial charge in [0, 0.05) is 102 Å². The van der Waals surface area contributed by atoms with Gasteiger partial charge in [-0.3, -0.25) is 19.9 Å². The van der Waals surface area contributed by atoms with Crippen molar-refractivity contribution in [3.05, 3.63) is 304 Å². The zero-order chi connectivity index (χ0) is 58.3. The Balaban J connectivity index is 0.726. The molecule has 6 heterocycles. The van der Waals surface area contributed by atoms with Gasteiger partial charge in [-0.05, 0) is 69.1 Å². The molecule has 0 spiro atoms. The lowest BCUT2D eigenvalue weighted by Gasteiger charge is -2.12. The monoisotopic (exact) mass is 1120 g/mol. The summed E-state index contributed by atoms with van der Waals surface area (Å²) in [5.74, 6) is 1.26. The van der Waals surface area contributed by atoms with Crippen LogP contribution in [0.25, 0.3) is 167 Å². The van der Waals surface area contributed by atoms with E-state index in [4.69, 9.17) is 39.9 Å². The molecule has 6 aromatic heterocycles. The maximum Gasteiger partial charge on any atom is 0.160 e. The SMILES string of the molecule is c1ccc2c(-c3ccc(-c4cc(-c5ccc(-c6ccc(-c7cc(-c8ccc(-c9nccc%10ccccc9%10)cc8)nc(-c8ccc(-c9nccc%10ccccc9%10)cc8)n7)cc6)cc5)nc(-c5ccc(-c6nccc7ccccc67)cc5)n4)cc3)nccc2c1. The van der Waals surface area contributed by atoms with Crippen LogP contribution < -0.4 is 0 Å². The molecule has 0 radical (unpaired) electrons. The smallest absolute Gasteiger partial charge is 0.160 e. The third-order valence-electron chi connectivity index (χ3n) is 16.6. The Morgan fingerprint density at radius 3 is 0.625 bits per heavy atom. The van der Waals surface area contributed by atoms with E-state index in [0.717, 1.165) is 155 Å². The predicted molar refractivity (Wildman–Crippen MR) is 359 cm³/mol. The maximum absolute atomic E-state index is 5.26. The van der Waals surface area contributed by atoms with E-state index in [9.17, 15) is 0 Å². The number of fused-ring (bicyclic) bond motifs is 4. The number of benzene rings is 10. The van der Waals surface area contributed by atoms with E-state index in [2.05, 4.69) is 267 Å². The summed E-state index contributed by atoms with van der Waals surface area (Å²) >= 11 is 0. The highest BCUT2D eigenvalue weighted by molar-refractivity contribution is 5.98. The molecule has 0 bridgehead atoms. The molecular formula is C80H50N8. The Morgan fingerprint density at radius 2 is 0.375 bits per heavy atom. The first-order valence-corrected chi connectivity index (χ1v) is 29.3. The molecule has 0 fully saturated rings. The first-order chi connectivity index (χ1) is 43.6. The molecule has 0 aliphatic rings. The standard InChI is InChI=1S/C80H50N8/c1-5-13-67-53(9-1)41-45-81-75(67)61-29-25-59(26-30-61)73-49-71(85-79(87-73)65-37-33-63(34-38-65)77-69-15-7-3-11-55(69)43-47-83-77)57-21-17-51(18-22-57)52-19-23-58(24-20-52)72-50-74(60-27-31-62(32-28-60)76-68-14-6-2-10-54(68)42-46-82-76)88-80(86-72)66-39-35-64(36-40-66)78-70-16-8-4-12-56(70)44-48-84-78/h1-50H. The van der Waals surface area contributed by atoms with E-state index in [1.807, 2.05) is 36.9 Å². The second-order valence-electron chi connectivity index (χ2n) is 21.9. The normalized spacial score (nSPS) is 11.4. The highest BCUT2D eigenvalue weighted by Crippen LogP contribution is 2.37. The van der Waals surface area contributed by atoms with Gasteiger partial charge in [-0.25, -0.2) is 19.9 Å². The van der Waals surface area contributed by atoms with E-state index in [1.54, 1.807) is 0 Å². The topological polar surface area (TPSA) is 103 Å².